The molecule has 1 heterocycles. The molecule has 0 saturated carbocycles. The minimum Gasteiger partial charge on any atom is -0.466 e. The van der Waals surface area contributed by atoms with Crippen LogP contribution in [0.1, 0.15) is 31.3 Å². The van der Waals surface area contributed by atoms with Gasteiger partial charge >= 0.3 is 0 Å². The molecule has 0 aromatic carbocycles. The Balaban J connectivity index is 2.14. The lowest BCUT2D eigenvalue weighted by molar-refractivity contribution is 0.130. The third-order valence-corrected chi connectivity index (χ3v) is 2.21. The van der Waals surface area contributed by atoms with Gasteiger partial charge in [-0.25, -0.2) is 0 Å². The van der Waals surface area contributed by atoms with E-state index in [9.17, 15) is 0 Å². The lowest BCUT2D eigenvalue weighted by atomic mass is 10.3. The molecule has 0 aliphatic carbocycles. The van der Waals surface area contributed by atoms with E-state index >= 15 is 0 Å². The average Bonchev–Trinajstić information content (AvgIpc) is 2.66. The van der Waals surface area contributed by atoms with Gasteiger partial charge in [-0.15, -0.1) is 0 Å². The molecule has 86 valence electrons. The molecule has 0 radical (unpaired) electrons. The number of aliphatic hydroxyl groups is 1. The first-order valence-corrected chi connectivity index (χ1v) is 5.63. The predicted molar refractivity (Wildman–Crippen MR) is 58.9 cm³/mol. The van der Waals surface area contributed by atoms with Crippen molar-refractivity contribution in [2.75, 3.05) is 19.8 Å². The van der Waals surface area contributed by atoms with E-state index < -0.39 is 0 Å². The van der Waals surface area contributed by atoms with E-state index in [2.05, 4.69) is 6.92 Å². The van der Waals surface area contributed by atoms with Crippen LogP contribution in [-0.2, 0) is 17.6 Å². The Morgan fingerprint density at radius 1 is 1.20 bits per heavy atom. The zero-order chi connectivity index (χ0) is 10.9. The molecule has 0 saturated heterocycles. The Morgan fingerprint density at radius 3 is 2.60 bits per heavy atom. The molecule has 1 rings (SSSR count). The van der Waals surface area contributed by atoms with Crippen molar-refractivity contribution in [2.45, 2.75) is 32.6 Å². The van der Waals surface area contributed by atoms with E-state index in [1.807, 2.05) is 12.1 Å². The minimum absolute atomic E-state index is 0.139. The van der Waals surface area contributed by atoms with Crippen LogP contribution in [0.25, 0.3) is 0 Å². The fourth-order valence-electron chi connectivity index (χ4n) is 1.32. The molecule has 0 unspecified atom stereocenters. The van der Waals surface area contributed by atoms with Crippen LogP contribution in [-0.4, -0.2) is 24.9 Å². The van der Waals surface area contributed by atoms with Crippen molar-refractivity contribution in [2.24, 2.45) is 0 Å². The van der Waals surface area contributed by atoms with Crippen LogP contribution < -0.4 is 0 Å². The third kappa shape index (κ3) is 5.00. The highest BCUT2D eigenvalue weighted by molar-refractivity contribution is 5.07. The minimum atomic E-state index is 0.139. The van der Waals surface area contributed by atoms with Crippen LogP contribution in [0.2, 0.25) is 0 Å². The van der Waals surface area contributed by atoms with E-state index in [0.717, 1.165) is 31.0 Å². The maximum Gasteiger partial charge on any atom is 0.106 e. The third-order valence-electron chi connectivity index (χ3n) is 2.21. The Labute approximate surface area is 91.1 Å². The van der Waals surface area contributed by atoms with E-state index in [1.165, 1.54) is 6.42 Å². The van der Waals surface area contributed by atoms with Gasteiger partial charge in [0.15, 0.2) is 0 Å². The summed E-state index contributed by atoms with van der Waals surface area (Å²) in [5.41, 5.74) is 0. The largest absolute Gasteiger partial charge is 0.466 e. The zero-order valence-electron chi connectivity index (χ0n) is 9.37. The summed E-state index contributed by atoms with van der Waals surface area (Å²) in [6.45, 7) is 3.84. The number of aliphatic hydroxyl groups excluding tert-OH is 1. The highest BCUT2D eigenvalue weighted by Gasteiger charge is 2.01. The highest BCUT2D eigenvalue weighted by Crippen LogP contribution is 2.09. The van der Waals surface area contributed by atoms with Gasteiger partial charge in [0.05, 0.1) is 13.2 Å². The smallest absolute Gasteiger partial charge is 0.106 e. The highest BCUT2D eigenvalue weighted by atomic mass is 16.5. The maximum absolute atomic E-state index is 8.72. The predicted octanol–water partition coefficient (Wildman–Crippen LogP) is 2.17. The summed E-state index contributed by atoms with van der Waals surface area (Å²) in [5, 5.41) is 8.72. The van der Waals surface area contributed by atoms with Crippen molar-refractivity contribution in [1.29, 1.82) is 0 Å². The lowest BCUT2D eigenvalue weighted by Crippen LogP contribution is -1.99. The molecule has 1 aromatic rings. The van der Waals surface area contributed by atoms with Gasteiger partial charge in [0.25, 0.3) is 0 Å². The SMILES string of the molecule is CCCCOCCc1ccc(CCO)o1. The number of rotatable bonds is 8. The Bertz CT molecular complexity index is 255. The number of hydrogen-bond donors (Lipinski definition) is 1. The van der Waals surface area contributed by atoms with Crippen molar-refractivity contribution in [3.8, 4) is 0 Å². The average molecular weight is 212 g/mol. The summed E-state index contributed by atoms with van der Waals surface area (Å²) in [4.78, 5) is 0. The lowest BCUT2D eigenvalue weighted by Gasteiger charge is -2.00. The second kappa shape index (κ2) is 7.49. The molecule has 1 aromatic heterocycles. The van der Waals surface area contributed by atoms with Crippen molar-refractivity contribution in [3.05, 3.63) is 23.7 Å². The van der Waals surface area contributed by atoms with Crippen LogP contribution in [0, 0.1) is 0 Å². The molecule has 0 atom stereocenters. The van der Waals surface area contributed by atoms with Crippen LogP contribution >= 0.6 is 0 Å². The number of furan rings is 1. The molecule has 0 aliphatic heterocycles. The molecule has 3 nitrogen and oxygen atoms in total. The molecule has 15 heavy (non-hydrogen) atoms. The summed E-state index contributed by atoms with van der Waals surface area (Å²) in [6.07, 6.45) is 3.70. The maximum atomic E-state index is 8.72. The van der Waals surface area contributed by atoms with E-state index in [-0.39, 0.29) is 6.61 Å². The second-order valence-corrected chi connectivity index (χ2v) is 3.56. The first-order valence-electron chi connectivity index (χ1n) is 5.63. The standard InChI is InChI=1S/C12H20O3/c1-2-3-9-14-10-7-12-5-4-11(15-12)6-8-13/h4-5,13H,2-3,6-10H2,1H3. The summed E-state index contributed by atoms with van der Waals surface area (Å²) in [5.74, 6) is 1.79. The van der Waals surface area contributed by atoms with Crippen molar-refractivity contribution < 1.29 is 14.3 Å². The van der Waals surface area contributed by atoms with Crippen LogP contribution in [0.5, 0.6) is 0 Å². The van der Waals surface area contributed by atoms with Crippen molar-refractivity contribution >= 4 is 0 Å². The quantitative estimate of drug-likeness (QED) is 0.671. The van der Waals surface area contributed by atoms with Gasteiger partial charge < -0.3 is 14.3 Å². The normalized spacial score (nSPS) is 10.8. The van der Waals surface area contributed by atoms with Gasteiger partial charge in [-0.2, -0.15) is 0 Å². The Kier molecular flexibility index (Phi) is 6.12. The van der Waals surface area contributed by atoms with Crippen molar-refractivity contribution in [3.63, 3.8) is 0 Å². The number of hydrogen-bond acceptors (Lipinski definition) is 3. The van der Waals surface area contributed by atoms with Gasteiger partial charge in [0, 0.05) is 19.4 Å². The van der Waals surface area contributed by atoms with Gasteiger partial charge in [-0.05, 0) is 18.6 Å². The monoisotopic (exact) mass is 212 g/mol. The van der Waals surface area contributed by atoms with Gasteiger partial charge in [0.2, 0.25) is 0 Å². The number of ether oxygens (including phenoxy) is 1. The molecule has 0 amide bonds. The van der Waals surface area contributed by atoms with Gasteiger partial charge in [-0.1, -0.05) is 13.3 Å². The Morgan fingerprint density at radius 2 is 1.93 bits per heavy atom. The number of unbranched alkanes of at least 4 members (excludes halogenated alkanes) is 1. The summed E-state index contributed by atoms with van der Waals surface area (Å²) in [6, 6.07) is 3.87. The molecule has 0 spiro atoms. The molecule has 0 aliphatic rings. The first kappa shape index (κ1) is 12.3. The van der Waals surface area contributed by atoms with E-state index in [1.54, 1.807) is 0 Å². The molecule has 0 bridgehead atoms. The first-order chi connectivity index (χ1) is 7.36. The van der Waals surface area contributed by atoms with Crippen molar-refractivity contribution in [1.82, 2.24) is 0 Å². The van der Waals surface area contributed by atoms with Gasteiger partial charge in [0.1, 0.15) is 11.5 Å². The van der Waals surface area contributed by atoms with E-state index in [0.29, 0.717) is 13.0 Å². The second-order valence-electron chi connectivity index (χ2n) is 3.56. The molecule has 3 heteroatoms. The zero-order valence-corrected chi connectivity index (χ0v) is 9.37. The fraction of sp³-hybridized carbons (Fsp3) is 0.667. The molecule has 1 N–H and O–H groups in total. The Hall–Kier alpha value is -0.800. The summed E-state index contributed by atoms with van der Waals surface area (Å²) >= 11 is 0. The summed E-state index contributed by atoms with van der Waals surface area (Å²) in [7, 11) is 0. The molecular weight excluding hydrogens is 192 g/mol. The van der Waals surface area contributed by atoms with Gasteiger partial charge in [-0.3, -0.25) is 0 Å². The van der Waals surface area contributed by atoms with E-state index in [4.69, 9.17) is 14.3 Å². The molecule has 0 fully saturated rings. The fourth-order valence-corrected chi connectivity index (χ4v) is 1.32. The van der Waals surface area contributed by atoms with Crippen LogP contribution in [0.15, 0.2) is 16.5 Å². The van der Waals surface area contributed by atoms with Crippen LogP contribution in [0.3, 0.4) is 0 Å². The van der Waals surface area contributed by atoms with Crippen LogP contribution in [0.4, 0.5) is 0 Å². The topological polar surface area (TPSA) is 42.6 Å². The summed E-state index contributed by atoms with van der Waals surface area (Å²) < 4.78 is 10.9. The molecular formula is C12H20O3.